The molecule has 0 spiro atoms. The quantitative estimate of drug-likeness (QED) is 0.460. The van der Waals surface area contributed by atoms with Gasteiger partial charge in [-0.3, -0.25) is 10.1 Å². The third kappa shape index (κ3) is 3.62. The summed E-state index contributed by atoms with van der Waals surface area (Å²) in [5.41, 5.74) is 2.58. The monoisotopic (exact) mass is 286 g/mol. The summed E-state index contributed by atoms with van der Waals surface area (Å²) < 4.78 is 5.70. The topological polar surface area (TPSA) is 81.8 Å². The van der Waals surface area contributed by atoms with Crippen LogP contribution in [0, 0.1) is 21.9 Å². The Morgan fingerprint density at radius 2 is 1.90 bits per heavy atom. The second kappa shape index (κ2) is 6.60. The Hall–Kier alpha value is -2.76. The van der Waals surface area contributed by atoms with E-state index in [-0.39, 0.29) is 12.2 Å². The van der Waals surface area contributed by atoms with Crippen LogP contribution >= 0.6 is 0 Å². The van der Waals surface area contributed by atoms with Crippen LogP contribution in [-0.2, 0) is 13.2 Å². The van der Waals surface area contributed by atoms with Crippen molar-refractivity contribution in [2.24, 2.45) is 5.18 Å². The van der Waals surface area contributed by atoms with E-state index in [4.69, 9.17) is 4.74 Å². The lowest BCUT2D eigenvalue weighted by Crippen LogP contribution is -1.99. The number of benzene rings is 2. The van der Waals surface area contributed by atoms with Crippen molar-refractivity contribution in [2.45, 2.75) is 20.1 Å². The molecule has 6 nitrogen and oxygen atoms in total. The fourth-order valence-electron chi connectivity index (χ4n) is 1.93. The van der Waals surface area contributed by atoms with Crippen molar-refractivity contribution in [3.63, 3.8) is 0 Å². The zero-order chi connectivity index (χ0) is 15.2. The number of nitrogens with zero attached hydrogens (tertiary/aromatic N) is 2. The Bertz CT molecular complexity index is 653. The lowest BCUT2D eigenvalue weighted by Gasteiger charge is -2.11. The Balaban J connectivity index is 2.07. The van der Waals surface area contributed by atoms with Crippen LogP contribution in [0.25, 0.3) is 0 Å². The minimum Gasteiger partial charge on any atom is -0.489 e. The highest BCUT2D eigenvalue weighted by atomic mass is 16.6. The van der Waals surface area contributed by atoms with Crippen LogP contribution in [-0.4, -0.2) is 4.92 Å². The minimum absolute atomic E-state index is 0.0500. The Morgan fingerprint density at radius 3 is 2.52 bits per heavy atom. The van der Waals surface area contributed by atoms with Gasteiger partial charge in [-0.2, -0.15) is 4.91 Å². The fraction of sp³-hybridized carbons (Fsp3) is 0.200. The van der Waals surface area contributed by atoms with Gasteiger partial charge in [-0.05, 0) is 41.8 Å². The highest BCUT2D eigenvalue weighted by Gasteiger charge is 2.07. The molecule has 0 aromatic heterocycles. The van der Waals surface area contributed by atoms with E-state index >= 15 is 0 Å². The fourth-order valence-corrected chi connectivity index (χ4v) is 1.93. The first-order chi connectivity index (χ1) is 10.1. The molecule has 0 unspecified atom stereocenters. The molecule has 0 heterocycles. The van der Waals surface area contributed by atoms with Crippen LogP contribution in [0.1, 0.15) is 16.7 Å². The first kappa shape index (κ1) is 14.6. The van der Waals surface area contributed by atoms with Crippen molar-refractivity contribution in [1.29, 1.82) is 0 Å². The molecule has 0 amide bonds. The number of nitro benzene ring substituents is 1. The van der Waals surface area contributed by atoms with Gasteiger partial charge in [0, 0.05) is 12.1 Å². The van der Waals surface area contributed by atoms with E-state index in [0.717, 1.165) is 16.7 Å². The molecule has 2 aromatic carbocycles. The highest BCUT2D eigenvalue weighted by Crippen LogP contribution is 2.23. The summed E-state index contributed by atoms with van der Waals surface area (Å²) in [5, 5.41) is 13.5. The van der Waals surface area contributed by atoms with Crippen LogP contribution in [0.4, 0.5) is 5.69 Å². The van der Waals surface area contributed by atoms with E-state index in [1.807, 2.05) is 19.1 Å². The first-order valence-electron chi connectivity index (χ1n) is 6.35. The average Bonchev–Trinajstić information content (AvgIpc) is 2.49. The molecule has 0 saturated heterocycles. The number of hydrogen-bond acceptors (Lipinski definition) is 5. The van der Waals surface area contributed by atoms with Crippen LogP contribution in [0.15, 0.2) is 47.6 Å². The van der Waals surface area contributed by atoms with E-state index < -0.39 is 4.92 Å². The largest absolute Gasteiger partial charge is 0.489 e. The maximum atomic E-state index is 10.6. The van der Waals surface area contributed by atoms with Gasteiger partial charge in [0.2, 0.25) is 0 Å². The van der Waals surface area contributed by atoms with E-state index in [1.54, 1.807) is 18.2 Å². The van der Waals surface area contributed by atoms with Gasteiger partial charge in [-0.1, -0.05) is 17.3 Å². The van der Waals surface area contributed by atoms with Crippen molar-refractivity contribution in [1.82, 2.24) is 0 Å². The van der Waals surface area contributed by atoms with Crippen molar-refractivity contribution < 1.29 is 9.66 Å². The van der Waals surface area contributed by atoms with Crippen molar-refractivity contribution in [3.8, 4) is 5.75 Å². The van der Waals surface area contributed by atoms with Gasteiger partial charge in [-0.25, -0.2) is 0 Å². The average molecular weight is 286 g/mol. The summed E-state index contributed by atoms with van der Waals surface area (Å²) in [4.78, 5) is 20.5. The molecule has 2 aromatic rings. The molecule has 0 saturated carbocycles. The van der Waals surface area contributed by atoms with Crippen LogP contribution < -0.4 is 4.74 Å². The Kier molecular flexibility index (Phi) is 4.61. The second-order valence-electron chi connectivity index (χ2n) is 4.54. The smallest absolute Gasteiger partial charge is 0.269 e. The zero-order valence-electron chi connectivity index (χ0n) is 11.5. The number of nitro groups is 1. The van der Waals surface area contributed by atoms with Crippen molar-refractivity contribution >= 4 is 5.69 Å². The van der Waals surface area contributed by atoms with E-state index in [9.17, 15) is 15.0 Å². The summed E-state index contributed by atoms with van der Waals surface area (Å²) in [6.07, 6.45) is 0. The summed E-state index contributed by atoms with van der Waals surface area (Å²) >= 11 is 0. The predicted molar refractivity (Wildman–Crippen MR) is 78.1 cm³/mol. The summed E-state index contributed by atoms with van der Waals surface area (Å²) in [6.45, 7) is 2.28. The van der Waals surface area contributed by atoms with Crippen molar-refractivity contribution in [3.05, 3.63) is 74.2 Å². The number of non-ortho nitro benzene ring substituents is 1. The number of hydrogen-bond donors (Lipinski definition) is 0. The minimum atomic E-state index is -0.440. The van der Waals surface area contributed by atoms with E-state index in [2.05, 4.69) is 5.18 Å². The highest BCUT2D eigenvalue weighted by molar-refractivity contribution is 5.39. The van der Waals surface area contributed by atoms with Gasteiger partial charge in [0.25, 0.3) is 5.69 Å². The molecule has 108 valence electrons. The normalized spacial score (nSPS) is 10.1. The van der Waals surface area contributed by atoms with E-state index in [0.29, 0.717) is 12.4 Å². The molecule has 0 N–H and O–H groups in total. The molecule has 21 heavy (non-hydrogen) atoms. The molecule has 2 rings (SSSR count). The number of ether oxygens (including phenoxy) is 1. The number of rotatable bonds is 6. The van der Waals surface area contributed by atoms with E-state index in [1.165, 1.54) is 12.1 Å². The molecule has 6 heteroatoms. The zero-order valence-corrected chi connectivity index (χ0v) is 11.5. The van der Waals surface area contributed by atoms with Gasteiger partial charge in [-0.15, -0.1) is 0 Å². The van der Waals surface area contributed by atoms with Crippen LogP contribution in [0.3, 0.4) is 0 Å². The van der Waals surface area contributed by atoms with Gasteiger partial charge in [0.1, 0.15) is 18.9 Å². The van der Waals surface area contributed by atoms with Gasteiger partial charge in [0.05, 0.1) is 4.92 Å². The summed E-state index contributed by atoms with van der Waals surface area (Å²) in [5.74, 6) is 0.675. The SMILES string of the molecule is Cc1c(CN=O)cccc1OCc1ccc([N+](=O)[O-])cc1. The molecule has 0 bridgehead atoms. The Morgan fingerprint density at radius 1 is 1.19 bits per heavy atom. The third-order valence-electron chi connectivity index (χ3n) is 3.17. The molecule has 0 aliphatic heterocycles. The lowest BCUT2D eigenvalue weighted by molar-refractivity contribution is -0.384. The van der Waals surface area contributed by atoms with Gasteiger partial charge < -0.3 is 4.74 Å². The van der Waals surface area contributed by atoms with Gasteiger partial charge >= 0.3 is 0 Å². The predicted octanol–water partition coefficient (Wildman–Crippen LogP) is 3.75. The molecular formula is C15H14N2O4. The molecule has 0 atom stereocenters. The summed E-state index contributed by atoms with van der Waals surface area (Å²) in [6, 6.07) is 11.6. The van der Waals surface area contributed by atoms with Gasteiger partial charge in [0.15, 0.2) is 0 Å². The van der Waals surface area contributed by atoms with Crippen LogP contribution in [0.2, 0.25) is 0 Å². The Labute approximate surface area is 121 Å². The second-order valence-corrected chi connectivity index (χ2v) is 4.54. The third-order valence-corrected chi connectivity index (χ3v) is 3.17. The maximum Gasteiger partial charge on any atom is 0.269 e. The maximum absolute atomic E-state index is 10.6. The van der Waals surface area contributed by atoms with Crippen LogP contribution in [0.5, 0.6) is 5.75 Å². The first-order valence-corrected chi connectivity index (χ1v) is 6.35. The number of nitroso groups, excluding NO2 is 1. The molecule has 0 radical (unpaired) electrons. The lowest BCUT2D eigenvalue weighted by atomic mass is 10.1. The molecule has 0 aliphatic carbocycles. The molecule has 0 fully saturated rings. The molecular weight excluding hydrogens is 272 g/mol. The summed E-state index contributed by atoms with van der Waals surface area (Å²) in [7, 11) is 0. The molecule has 0 aliphatic rings. The standard InChI is InChI=1S/C15H14N2O4/c1-11-13(9-16-18)3-2-4-15(11)21-10-12-5-7-14(8-6-12)17(19)20/h2-8H,9-10H2,1H3. The van der Waals surface area contributed by atoms with Crippen molar-refractivity contribution in [2.75, 3.05) is 0 Å².